The van der Waals surface area contributed by atoms with Crippen LogP contribution in [-0.2, 0) is 11.3 Å². The van der Waals surface area contributed by atoms with Crippen molar-refractivity contribution in [3.63, 3.8) is 0 Å². The first-order valence-corrected chi connectivity index (χ1v) is 9.98. The SMILES string of the molecule is CO[C@@]12CC[C@@H](O)C[C@@H]1N(Cc1cnc(C3CCCCC3)nc1)CC2. The summed E-state index contributed by atoms with van der Waals surface area (Å²) >= 11 is 0. The largest absolute Gasteiger partial charge is 0.393 e. The Bertz CT molecular complexity index is 573. The number of rotatable bonds is 4. The zero-order valence-corrected chi connectivity index (χ0v) is 15.4. The second-order valence-electron chi connectivity index (χ2n) is 8.22. The molecule has 4 rings (SSSR count). The number of aliphatic hydroxyl groups is 1. The normalized spacial score (nSPS) is 34.2. The molecular formula is C20H31N3O2. The fraction of sp³-hybridized carbons (Fsp3) is 0.800. The summed E-state index contributed by atoms with van der Waals surface area (Å²) in [5, 5.41) is 10.1. The first kappa shape index (κ1) is 17.4. The van der Waals surface area contributed by atoms with E-state index in [4.69, 9.17) is 4.74 Å². The molecule has 0 spiro atoms. The van der Waals surface area contributed by atoms with Crippen LogP contribution in [0.4, 0.5) is 0 Å². The highest BCUT2D eigenvalue weighted by Gasteiger charge is 2.50. The zero-order chi connectivity index (χ0) is 17.3. The van der Waals surface area contributed by atoms with Gasteiger partial charge >= 0.3 is 0 Å². The maximum atomic E-state index is 10.1. The number of fused-ring (bicyclic) bond motifs is 1. The van der Waals surface area contributed by atoms with E-state index in [2.05, 4.69) is 14.9 Å². The summed E-state index contributed by atoms with van der Waals surface area (Å²) in [7, 11) is 1.83. The van der Waals surface area contributed by atoms with Crippen molar-refractivity contribution in [3.8, 4) is 0 Å². The topological polar surface area (TPSA) is 58.5 Å². The molecule has 2 heterocycles. The minimum absolute atomic E-state index is 0.0673. The number of likely N-dealkylation sites (tertiary alicyclic amines) is 1. The van der Waals surface area contributed by atoms with Gasteiger partial charge in [-0.05, 0) is 38.5 Å². The van der Waals surface area contributed by atoms with Crippen molar-refractivity contribution < 1.29 is 9.84 Å². The van der Waals surface area contributed by atoms with Crippen LogP contribution in [-0.4, -0.2) is 51.4 Å². The molecular weight excluding hydrogens is 314 g/mol. The molecule has 0 amide bonds. The van der Waals surface area contributed by atoms with Crippen LogP contribution < -0.4 is 0 Å². The van der Waals surface area contributed by atoms with Crippen molar-refractivity contribution >= 4 is 0 Å². The van der Waals surface area contributed by atoms with E-state index in [0.717, 1.165) is 44.6 Å². The number of hydrogen-bond acceptors (Lipinski definition) is 5. The van der Waals surface area contributed by atoms with Gasteiger partial charge in [0.25, 0.3) is 0 Å². The Labute approximate surface area is 150 Å². The Morgan fingerprint density at radius 1 is 1.16 bits per heavy atom. The quantitative estimate of drug-likeness (QED) is 0.909. The molecule has 1 N–H and O–H groups in total. The van der Waals surface area contributed by atoms with Gasteiger partial charge in [-0.2, -0.15) is 0 Å². The monoisotopic (exact) mass is 345 g/mol. The van der Waals surface area contributed by atoms with E-state index in [-0.39, 0.29) is 11.7 Å². The summed E-state index contributed by atoms with van der Waals surface area (Å²) in [5.74, 6) is 1.59. The molecule has 0 unspecified atom stereocenters. The standard InChI is InChI=1S/C20H31N3O2/c1-25-20-8-7-17(24)11-18(20)23(10-9-20)14-15-12-21-19(22-13-15)16-5-3-2-4-6-16/h12-13,16-18,24H,2-11,14H2,1H3/t17-,18+,20-/m1/s1. The minimum atomic E-state index is -0.196. The molecule has 1 aliphatic heterocycles. The smallest absolute Gasteiger partial charge is 0.131 e. The van der Waals surface area contributed by atoms with Gasteiger partial charge in [0.2, 0.25) is 0 Å². The van der Waals surface area contributed by atoms with Crippen LogP contribution in [0.15, 0.2) is 12.4 Å². The van der Waals surface area contributed by atoms with E-state index >= 15 is 0 Å². The van der Waals surface area contributed by atoms with Gasteiger partial charge in [-0.1, -0.05) is 19.3 Å². The summed E-state index contributed by atoms with van der Waals surface area (Å²) in [6.45, 7) is 1.88. The molecule has 1 aromatic heterocycles. The van der Waals surface area contributed by atoms with Gasteiger partial charge in [0.05, 0.1) is 11.7 Å². The van der Waals surface area contributed by atoms with Crippen LogP contribution in [0, 0.1) is 0 Å². The average Bonchev–Trinajstić information content (AvgIpc) is 3.01. The van der Waals surface area contributed by atoms with E-state index in [0.29, 0.717) is 12.0 Å². The Morgan fingerprint density at radius 3 is 2.64 bits per heavy atom. The second-order valence-corrected chi connectivity index (χ2v) is 8.22. The van der Waals surface area contributed by atoms with E-state index in [1.165, 1.54) is 37.7 Å². The van der Waals surface area contributed by atoms with Crippen LogP contribution in [0.2, 0.25) is 0 Å². The van der Waals surface area contributed by atoms with Crippen LogP contribution >= 0.6 is 0 Å². The molecule has 3 aliphatic rings. The molecule has 1 saturated heterocycles. The van der Waals surface area contributed by atoms with Gasteiger partial charge in [-0.3, -0.25) is 4.90 Å². The molecule has 5 heteroatoms. The lowest BCUT2D eigenvalue weighted by Crippen LogP contribution is -2.51. The van der Waals surface area contributed by atoms with Crippen molar-refractivity contribution in [2.45, 2.75) is 88.0 Å². The third-order valence-corrected chi connectivity index (χ3v) is 6.75. The van der Waals surface area contributed by atoms with E-state index in [1.54, 1.807) is 0 Å². The summed E-state index contributed by atoms with van der Waals surface area (Å²) in [4.78, 5) is 11.8. The van der Waals surface area contributed by atoms with Crippen LogP contribution in [0.5, 0.6) is 0 Å². The summed E-state index contributed by atoms with van der Waals surface area (Å²) < 4.78 is 5.93. The highest BCUT2D eigenvalue weighted by Crippen LogP contribution is 2.43. The van der Waals surface area contributed by atoms with Crippen LogP contribution in [0.3, 0.4) is 0 Å². The van der Waals surface area contributed by atoms with E-state index in [1.807, 2.05) is 19.5 Å². The van der Waals surface area contributed by atoms with Gasteiger partial charge < -0.3 is 9.84 Å². The van der Waals surface area contributed by atoms with Crippen molar-refractivity contribution in [3.05, 3.63) is 23.8 Å². The van der Waals surface area contributed by atoms with Crippen molar-refractivity contribution in [1.29, 1.82) is 0 Å². The summed E-state index contributed by atoms with van der Waals surface area (Å²) in [6.07, 6.45) is 14.0. The molecule has 1 aromatic rings. The van der Waals surface area contributed by atoms with Gasteiger partial charge in [-0.15, -0.1) is 0 Å². The van der Waals surface area contributed by atoms with Gasteiger partial charge in [0.15, 0.2) is 0 Å². The number of methoxy groups -OCH3 is 1. The van der Waals surface area contributed by atoms with Gasteiger partial charge in [0, 0.05) is 50.1 Å². The Balaban J connectivity index is 1.43. The number of ether oxygens (including phenoxy) is 1. The maximum absolute atomic E-state index is 10.1. The predicted octanol–water partition coefficient (Wildman–Crippen LogP) is 3.03. The molecule has 5 nitrogen and oxygen atoms in total. The molecule has 2 aliphatic carbocycles. The molecule has 2 saturated carbocycles. The second kappa shape index (κ2) is 7.29. The van der Waals surface area contributed by atoms with Crippen LogP contribution in [0.25, 0.3) is 0 Å². The fourth-order valence-corrected chi connectivity index (χ4v) is 5.21. The van der Waals surface area contributed by atoms with Crippen molar-refractivity contribution in [1.82, 2.24) is 14.9 Å². The van der Waals surface area contributed by atoms with Gasteiger partial charge in [-0.25, -0.2) is 9.97 Å². The Hall–Kier alpha value is -1.04. The highest BCUT2D eigenvalue weighted by atomic mass is 16.5. The fourth-order valence-electron chi connectivity index (χ4n) is 5.21. The number of nitrogens with zero attached hydrogens (tertiary/aromatic N) is 3. The maximum Gasteiger partial charge on any atom is 0.131 e. The summed E-state index contributed by atoms with van der Waals surface area (Å²) in [6, 6.07) is 0.305. The molecule has 0 aromatic carbocycles. The Morgan fingerprint density at radius 2 is 1.92 bits per heavy atom. The van der Waals surface area contributed by atoms with E-state index in [9.17, 15) is 5.11 Å². The first-order valence-electron chi connectivity index (χ1n) is 9.98. The number of aliphatic hydroxyl groups excluding tert-OH is 1. The lowest BCUT2D eigenvalue weighted by molar-refractivity contribution is -0.0879. The molecule has 0 radical (unpaired) electrons. The van der Waals surface area contributed by atoms with E-state index < -0.39 is 0 Å². The third-order valence-electron chi connectivity index (χ3n) is 6.75. The predicted molar refractivity (Wildman–Crippen MR) is 96.3 cm³/mol. The van der Waals surface area contributed by atoms with Gasteiger partial charge in [0.1, 0.15) is 5.82 Å². The molecule has 138 valence electrons. The highest BCUT2D eigenvalue weighted by molar-refractivity contribution is 5.11. The first-order chi connectivity index (χ1) is 12.2. The lowest BCUT2D eigenvalue weighted by Gasteiger charge is -2.42. The zero-order valence-electron chi connectivity index (χ0n) is 15.4. The lowest BCUT2D eigenvalue weighted by atomic mass is 9.79. The average molecular weight is 345 g/mol. The van der Waals surface area contributed by atoms with Crippen molar-refractivity contribution in [2.24, 2.45) is 0 Å². The molecule has 0 bridgehead atoms. The third kappa shape index (κ3) is 3.46. The minimum Gasteiger partial charge on any atom is -0.393 e. The Kier molecular flexibility index (Phi) is 5.07. The van der Waals surface area contributed by atoms with Crippen molar-refractivity contribution in [2.75, 3.05) is 13.7 Å². The summed E-state index contributed by atoms with van der Waals surface area (Å²) in [5.41, 5.74) is 1.11. The molecule has 3 fully saturated rings. The molecule has 3 atom stereocenters. The van der Waals surface area contributed by atoms with Crippen LogP contribution in [0.1, 0.15) is 75.1 Å². The number of hydrogen-bond donors (Lipinski definition) is 1. The molecule has 25 heavy (non-hydrogen) atoms. The number of aromatic nitrogens is 2.